The van der Waals surface area contributed by atoms with Crippen LogP contribution in [0.5, 0.6) is 0 Å². The molecule has 2 heterocycles. The van der Waals surface area contributed by atoms with Crippen LogP contribution in [0.3, 0.4) is 0 Å². The molecular formula is C15H17N3O2. The van der Waals surface area contributed by atoms with Crippen LogP contribution in [0.2, 0.25) is 0 Å². The third-order valence-electron chi connectivity index (χ3n) is 3.62. The van der Waals surface area contributed by atoms with Crippen molar-refractivity contribution in [3.8, 4) is 0 Å². The summed E-state index contributed by atoms with van der Waals surface area (Å²) < 4.78 is 1.81. The molecule has 0 aliphatic carbocycles. The Bertz CT molecular complexity index is 687. The van der Waals surface area contributed by atoms with Crippen molar-refractivity contribution in [3.05, 3.63) is 46.8 Å². The van der Waals surface area contributed by atoms with Crippen LogP contribution in [-0.4, -0.2) is 29.6 Å². The van der Waals surface area contributed by atoms with Gasteiger partial charge in [0.15, 0.2) is 5.43 Å². The Morgan fingerprint density at radius 2 is 2.20 bits per heavy atom. The van der Waals surface area contributed by atoms with Crippen LogP contribution >= 0.6 is 0 Å². The first kappa shape index (κ1) is 12.9. The van der Waals surface area contributed by atoms with Gasteiger partial charge in [0.1, 0.15) is 6.54 Å². The van der Waals surface area contributed by atoms with Crippen LogP contribution in [0, 0.1) is 0 Å². The quantitative estimate of drug-likeness (QED) is 0.853. The SMILES string of the molecule is O=C(Cn1ccc(=O)c2ccccc21)NC1CCNC1. The molecule has 1 saturated heterocycles. The number of pyridine rings is 1. The fourth-order valence-electron chi connectivity index (χ4n) is 2.60. The second kappa shape index (κ2) is 5.46. The number of amides is 1. The normalized spacial score (nSPS) is 18.3. The van der Waals surface area contributed by atoms with Gasteiger partial charge in [-0.1, -0.05) is 12.1 Å². The number of carbonyl (C=O) groups is 1. The predicted octanol–water partition coefficient (Wildman–Crippen LogP) is 0.480. The summed E-state index contributed by atoms with van der Waals surface area (Å²) in [7, 11) is 0. The standard InChI is InChI=1S/C15H17N3O2/c19-14-6-8-18(13-4-2-1-3-12(13)14)10-15(20)17-11-5-7-16-9-11/h1-4,6,8,11,16H,5,7,9-10H2,(H,17,20). The van der Waals surface area contributed by atoms with Crippen LogP contribution in [0.4, 0.5) is 0 Å². The summed E-state index contributed by atoms with van der Waals surface area (Å²) in [6.45, 7) is 2.01. The number of para-hydroxylation sites is 1. The van der Waals surface area contributed by atoms with Gasteiger partial charge in [-0.2, -0.15) is 0 Å². The van der Waals surface area contributed by atoms with Gasteiger partial charge in [-0.05, 0) is 25.1 Å². The van der Waals surface area contributed by atoms with E-state index in [-0.39, 0.29) is 23.9 Å². The molecule has 0 bridgehead atoms. The van der Waals surface area contributed by atoms with Crippen molar-refractivity contribution in [1.29, 1.82) is 0 Å². The van der Waals surface area contributed by atoms with Crippen LogP contribution in [-0.2, 0) is 11.3 Å². The lowest BCUT2D eigenvalue weighted by Gasteiger charge is -2.14. The molecule has 1 aliphatic heterocycles. The van der Waals surface area contributed by atoms with Crippen molar-refractivity contribution in [3.63, 3.8) is 0 Å². The monoisotopic (exact) mass is 271 g/mol. The number of nitrogens with one attached hydrogen (secondary N) is 2. The molecule has 1 aliphatic rings. The molecule has 1 amide bonds. The maximum atomic E-state index is 12.1. The van der Waals surface area contributed by atoms with E-state index in [0.29, 0.717) is 5.39 Å². The van der Waals surface area contributed by atoms with Gasteiger partial charge in [0.25, 0.3) is 0 Å². The van der Waals surface area contributed by atoms with E-state index >= 15 is 0 Å². The molecule has 0 saturated carbocycles. The van der Waals surface area contributed by atoms with Gasteiger partial charge < -0.3 is 15.2 Å². The summed E-state index contributed by atoms with van der Waals surface area (Å²) in [6, 6.07) is 9.07. The third-order valence-corrected chi connectivity index (χ3v) is 3.62. The zero-order valence-electron chi connectivity index (χ0n) is 11.1. The Balaban J connectivity index is 1.82. The number of nitrogens with zero attached hydrogens (tertiary/aromatic N) is 1. The van der Waals surface area contributed by atoms with E-state index in [1.807, 2.05) is 22.8 Å². The first-order chi connectivity index (χ1) is 9.74. The lowest BCUT2D eigenvalue weighted by atomic mass is 10.2. The summed E-state index contributed by atoms with van der Waals surface area (Å²) in [6.07, 6.45) is 2.65. The molecule has 1 aromatic heterocycles. The second-order valence-electron chi connectivity index (χ2n) is 5.08. The summed E-state index contributed by atoms with van der Waals surface area (Å²) >= 11 is 0. The van der Waals surface area contributed by atoms with E-state index in [9.17, 15) is 9.59 Å². The second-order valence-corrected chi connectivity index (χ2v) is 5.08. The van der Waals surface area contributed by atoms with Crippen molar-refractivity contribution >= 4 is 16.8 Å². The lowest BCUT2D eigenvalue weighted by Crippen LogP contribution is -2.38. The highest BCUT2D eigenvalue weighted by atomic mass is 16.2. The summed E-state index contributed by atoms with van der Waals surface area (Å²) in [5, 5.41) is 6.87. The van der Waals surface area contributed by atoms with E-state index in [1.54, 1.807) is 12.3 Å². The molecule has 0 radical (unpaired) electrons. The van der Waals surface area contributed by atoms with Gasteiger partial charge in [0.2, 0.25) is 5.91 Å². The van der Waals surface area contributed by atoms with Gasteiger partial charge in [-0.25, -0.2) is 0 Å². The Labute approximate surface area is 116 Å². The molecule has 1 atom stereocenters. The van der Waals surface area contributed by atoms with Gasteiger partial charge in [-0.15, -0.1) is 0 Å². The van der Waals surface area contributed by atoms with E-state index < -0.39 is 0 Å². The first-order valence-electron chi connectivity index (χ1n) is 6.82. The number of hydrogen-bond acceptors (Lipinski definition) is 3. The highest BCUT2D eigenvalue weighted by Crippen LogP contribution is 2.09. The minimum atomic E-state index is -0.0208. The molecule has 5 heteroatoms. The van der Waals surface area contributed by atoms with E-state index in [2.05, 4.69) is 10.6 Å². The summed E-state index contributed by atoms with van der Waals surface area (Å²) in [5.41, 5.74) is 0.775. The maximum absolute atomic E-state index is 12.1. The first-order valence-corrected chi connectivity index (χ1v) is 6.82. The summed E-state index contributed by atoms with van der Waals surface area (Å²) in [5.74, 6) is -0.0208. The molecule has 104 valence electrons. The van der Waals surface area contributed by atoms with Gasteiger partial charge in [0.05, 0.1) is 5.52 Å². The number of aromatic nitrogens is 1. The van der Waals surface area contributed by atoms with Gasteiger partial charge in [0, 0.05) is 30.2 Å². The van der Waals surface area contributed by atoms with Crippen molar-refractivity contribution in [2.75, 3.05) is 13.1 Å². The number of benzene rings is 1. The highest BCUT2D eigenvalue weighted by molar-refractivity contribution is 5.82. The molecule has 5 nitrogen and oxygen atoms in total. The minimum Gasteiger partial charge on any atom is -0.350 e. The molecule has 2 aromatic rings. The largest absolute Gasteiger partial charge is 0.350 e. The lowest BCUT2D eigenvalue weighted by molar-refractivity contribution is -0.122. The number of rotatable bonds is 3. The molecule has 0 spiro atoms. The smallest absolute Gasteiger partial charge is 0.240 e. The Hall–Kier alpha value is -2.14. The average molecular weight is 271 g/mol. The Morgan fingerprint density at radius 1 is 1.35 bits per heavy atom. The molecule has 20 heavy (non-hydrogen) atoms. The van der Waals surface area contributed by atoms with Crippen LogP contribution < -0.4 is 16.1 Å². The molecule has 1 aromatic carbocycles. The zero-order valence-corrected chi connectivity index (χ0v) is 11.1. The molecular weight excluding hydrogens is 254 g/mol. The van der Waals surface area contributed by atoms with E-state index in [0.717, 1.165) is 25.0 Å². The van der Waals surface area contributed by atoms with Crippen LogP contribution in [0.15, 0.2) is 41.3 Å². The fraction of sp³-hybridized carbons (Fsp3) is 0.333. The Kier molecular flexibility index (Phi) is 3.52. The van der Waals surface area contributed by atoms with Crippen molar-refractivity contribution in [2.45, 2.75) is 19.0 Å². The van der Waals surface area contributed by atoms with E-state index in [4.69, 9.17) is 0 Å². The zero-order chi connectivity index (χ0) is 13.9. The number of hydrogen-bond donors (Lipinski definition) is 2. The predicted molar refractivity (Wildman–Crippen MR) is 77.6 cm³/mol. The average Bonchev–Trinajstić information content (AvgIpc) is 2.95. The van der Waals surface area contributed by atoms with Crippen LogP contribution in [0.1, 0.15) is 6.42 Å². The van der Waals surface area contributed by atoms with Crippen molar-refractivity contribution in [1.82, 2.24) is 15.2 Å². The fourth-order valence-corrected chi connectivity index (χ4v) is 2.60. The maximum Gasteiger partial charge on any atom is 0.240 e. The topological polar surface area (TPSA) is 63.1 Å². The molecule has 3 rings (SSSR count). The van der Waals surface area contributed by atoms with Crippen LogP contribution in [0.25, 0.3) is 10.9 Å². The van der Waals surface area contributed by atoms with Gasteiger partial charge >= 0.3 is 0 Å². The summed E-state index contributed by atoms with van der Waals surface area (Å²) in [4.78, 5) is 23.8. The van der Waals surface area contributed by atoms with Crippen molar-refractivity contribution < 1.29 is 4.79 Å². The minimum absolute atomic E-state index is 0.0164. The number of fused-ring (bicyclic) bond motifs is 1. The molecule has 2 N–H and O–H groups in total. The van der Waals surface area contributed by atoms with Gasteiger partial charge in [-0.3, -0.25) is 9.59 Å². The van der Waals surface area contributed by atoms with E-state index in [1.165, 1.54) is 6.07 Å². The molecule has 1 fully saturated rings. The third kappa shape index (κ3) is 2.58. The highest BCUT2D eigenvalue weighted by Gasteiger charge is 2.16. The van der Waals surface area contributed by atoms with Crippen molar-refractivity contribution in [2.24, 2.45) is 0 Å². The number of carbonyl (C=O) groups excluding carboxylic acids is 1. The molecule has 1 unspecified atom stereocenters. The Morgan fingerprint density at radius 3 is 3.00 bits per heavy atom.